The first-order chi connectivity index (χ1) is 8.06. The Morgan fingerprint density at radius 1 is 1.29 bits per heavy atom. The summed E-state index contributed by atoms with van der Waals surface area (Å²) in [5.41, 5.74) is 7.01. The summed E-state index contributed by atoms with van der Waals surface area (Å²) in [4.78, 5) is 4.83. The lowest BCUT2D eigenvalue weighted by molar-refractivity contribution is 0.144. The van der Waals surface area contributed by atoms with Gasteiger partial charge in [-0.25, -0.2) is 0 Å². The molecule has 2 rings (SSSR count). The van der Waals surface area contributed by atoms with Crippen LogP contribution in [0.25, 0.3) is 0 Å². The fourth-order valence-electron chi connectivity index (χ4n) is 2.25. The van der Waals surface area contributed by atoms with Crippen LogP contribution in [0.1, 0.15) is 25.6 Å². The van der Waals surface area contributed by atoms with Crippen LogP contribution in [0, 0.1) is 0 Å². The summed E-state index contributed by atoms with van der Waals surface area (Å²) >= 11 is 0. The van der Waals surface area contributed by atoms with Crippen molar-refractivity contribution in [3.8, 4) is 0 Å². The molecule has 1 aliphatic heterocycles. The molecule has 1 saturated heterocycles. The lowest BCUT2D eigenvalue weighted by atomic mass is 10.3. The number of anilines is 1. The maximum absolute atomic E-state index is 5.79. The van der Waals surface area contributed by atoms with Crippen molar-refractivity contribution in [2.45, 2.75) is 26.4 Å². The zero-order valence-electron chi connectivity index (χ0n) is 11.1. The monoisotopic (exact) mass is 237 g/mol. The third-order valence-corrected chi connectivity index (χ3v) is 3.30. The minimum atomic E-state index is 0.370. The molecule has 0 atom stereocenters. The van der Waals surface area contributed by atoms with Gasteiger partial charge in [-0.3, -0.25) is 9.58 Å². The second-order valence-electron chi connectivity index (χ2n) is 5.18. The van der Waals surface area contributed by atoms with Crippen LogP contribution in [0.3, 0.4) is 0 Å². The number of rotatable bonds is 3. The van der Waals surface area contributed by atoms with E-state index in [4.69, 9.17) is 5.73 Å². The highest BCUT2D eigenvalue weighted by Gasteiger charge is 2.17. The van der Waals surface area contributed by atoms with E-state index in [1.165, 1.54) is 5.69 Å². The Balaban J connectivity index is 2.03. The van der Waals surface area contributed by atoms with Gasteiger partial charge in [0.25, 0.3) is 0 Å². The first-order valence-electron chi connectivity index (χ1n) is 6.31. The Morgan fingerprint density at radius 3 is 2.53 bits per heavy atom. The van der Waals surface area contributed by atoms with Gasteiger partial charge in [0.15, 0.2) is 0 Å². The maximum atomic E-state index is 5.79. The lowest BCUT2D eigenvalue weighted by Gasteiger charge is -2.32. The van der Waals surface area contributed by atoms with Crippen LogP contribution in [0.5, 0.6) is 0 Å². The average Bonchev–Trinajstić information content (AvgIpc) is 2.63. The molecule has 0 bridgehead atoms. The molecule has 5 nitrogen and oxygen atoms in total. The highest BCUT2D eigenvalue weighted by atomic mass is 15.3. The molecule has 5 heteroatoms. The van der Waals surface area contributed by atoms with Gasteiger partial charge in [0.2, 0.25) is 0 Å². The van der Waals surface area contributed by atoms with E-state index in [1.54, 1.807) is 0 Å². The molecule has 0 saturated carbocycles. The number of aromatic nitrogens is 2. The average molecular weight is 237 g/mol. The van der Waals surface area contributed by atoms with Gasteiger partial charge in [-0.15, -0.1) is 0 Å². The predicted molar refractivity (Wildman–Crippen MR) is 69.8 cm³/mol. The molecule has 1 aromatic heterocycles. The van der Waals surface area contributed by atoms with Gasteiger partial charge in [0, 0.05) is 44.8 Å². The molecule has 17 heavy (non-hydrogen) atoms. The van der Waals surface area contributed by atoms with Crippen LogP contribution in [0.2, 0.25) is 0 Å². The molecule has 0 amide bonds. The highest BCUT2D eigenvalue weighted by molar-refractivity contribution is 5.29. The highest BCUT2D eigenvalue weighted by Crippen LogP contribution is 2.15. The van der Waals surface area contributed by atoms with Crippen molar-refractivity contribution < 1.29 is 0 Å². The van der Waals surface area contributed by atoms with E-state index in [9.17, 15) is 0 Å². The zero-order valence-corrected chi connectivity index (χ0v) is 11.1. The SMILES string of the molecule is CC(C)n1nc(N)cc1CN1CCN(C)CC1. The maximum Gasteiger partial charge on any atom is 0.145 e. The van der Waals surface area contributed by atoms with Crippen LogP contribution in [0.4, 0.5) is 5.82 Å². The molecule has 1 aliphatic rings. The molecule has 96 valence electrons. The summed E-state index contributed by atoms with van der Waals surface area (Å²) in [6, 6.07) is 2.37. The summed E-state index contributed by atoms with van der Waals surface area (Å²) in [6.45, 7) is 9.77. The van der Waals surface area contributed by atoms with Gasteiger partial charge in [-0.05, 0) is 20.9 Å². The standard InChI is InChI=1S/C12H23N5/c1-10(2)17-11(8-12(13)14-17)9-16-6-4-15(3)5-7-16/h8,10H,4-7,9H2,1-3H3,(H2,13,14). The number of hydrogen-bond donors (Lipinski definition) is 1. The minimum absolute atomic E-state index is 0.370. The number of likely N-dealkylation sites (N-methyl/N-ethyl adjacent to an activating group) is 1. The van der Waals surface area contributed by atoms with Crippen molar-refractivity contribution in [2.75, 3.05) is 39.0 Å². The van der Waals surface area contributed by atoms with Gasteiger partial charge in [-0.2, -0.15) is 5.10 Å². The number of nitrogen functional groups attached to an aromatic ring is 1. The van der Waals surface area contributed by atoms with Crippen LogP contribution in [-0.4, -0.2) is 52.8 Å². The molecule has 1 fully saturated rings. The quantitative estimate of drug-likeness (QED) is 0.844. The van der Waals surface area contributed by atoms with Crippen LogP contribution in [-0.2, 0) is 6.54 Å². The molecule has 0 aliphatic carbocycles. The second-order valence-corrected chi connectivity index (χ2v) is 5.18. The van der Waals surface area contributed by atoms with E-state index in [0.29, 0.717) is 11.9 Å². The smallest absolute Gasteiger partial charge is 0.145 e. The van der Waals surface area contributed by atoms with Crippen molar-refractivity contribution in [3.63, 3.8) is 0 Å². The summed E-state index contributed by atoms with van der Waals surface area (Å²) in [5.74, 6) is 0.628. The van der Waals surface area contributed by atoms with Crippen molar-refractivity contribution in [2.24, 2.45) is 0 Å². The Labute approximate surface area is 103 Å². The van der Waals surface area contributed by atoms with Gasteiger partial charge < -0.3 is 10.6 Å². The third-order valence-electron chi connectivity index (χ3n) is 3.30. The molecule has 0 unspecified atom stereocenters. The Morgan fingerprint density at radius 2 is 1.94 bits per heavy atom. The Kier molecular flexibility index (Phi) is 3.69. The molecule has 0 spiro atoms. The number of hydrogen-bond acceptors (Lipinski definition) is 4. The molecular formula is C12H23N5. The van der Waals surface area contributed by atoms with Gasteiger partial charge in [0.05, 0.1) is 5.69 Å². The first-order valence-corrected chi connectivity index (χ1v) is 6.31. The van der Waals surface area contributed by atoms with E-state index >= 15 is 0 Å². The Bertz CT molecular complexity index is 363. The van der Waals surface area contributed by atoms with E-state index in [1.807, 2.05) is 10.7 Å². The number of nitrogens with two attached hydrogens (primary N) is 1. The minimum Gasteiger partial charge on any atom is -0.382 e. The van der Waals surface area contributed by atoms with Crippen molar-refractivity contribution in [3.05, 3.63) is 11.8 Å². The fourth-order valence-corrected chi connectivity index (χ4v) is 2.25. The van der Waals surface area contributed by atoms with E-state index in [2.05, 4.69) is 35.8 Å². The number of piperazine rings is 1. The van der Waals surface area contributed by atoms with Crippen molar-refractivity contribution in [1.82, 2.24) is 19.6 Å². The number of nitrogens with zero attached hydrogens (tertiary/aromatic N) is 4. The summed E-state index contributed by atoms with van der Waals surface area (Å²) in [7, 11) is 2.17. The Hall–Kier alpha value is -1.07. The second kappa shape index (κ2) is 5.06. The molecule has 1 aromatic rings. The van der Waals surface area contributed by atoms with Gasteiger partial charge >= 0.3 is 0 Å². The summed E-state index contributed by atoms with van der Waals surface area (Å²) < 4.78 is 2.04. The predicted octanol–water partition coefficient (Wildman–Crippen LogP) is 0.794. The normalized spacial score (nSPS) is 19.1. The van der Waals surface area contributed by atoms with Crippen molar-refractivity contribution >= 4 is 5.82 Å². The molecule has 2 N–H and O–H groups in total. The fraction of sp³-hybridized carbons (Fsp3) is 0.750. The van der Waals surface area contributed by atoms with E-state index in [0.717, 1.165) is 32.7 Å². The van der Waals surface area contributed by atoms with Crippen LogP contribution in [0.15, 0.2) is 6.07 Å². The van der Waals surface area contributed by atoms with E-state index in [-0.39, 0.29) is 0 Å². The summed E-state index contributed by atoms with van der Waals surface area (Å²) in [5, 5.41) is 4.35. The molecule has 0 radical (unpaired) electrons. The first kappa shape index (κ1) is 12.4. The van der Waals surface area contributed by atoms with Gasteiger partial charge in [0.1, 0.15) is 5.82 Å². The van der Waals surface area contributed by atoms with Crippen LogP contribution >= 0.6 is 0 Å². The molecule has 2 heterocycles. The van der Waals surface area contributed by atoms with E-state index < -0.39 is 0 Å². The molecular weight excluding hydrogens is 214 g/mol. The third kappa shape index (κ3) is 2.98. The van der Waals surface area contributed by atoms with Crippen LogP contribution < -0.4 is 5.73 Å². The largest absolute Gasteiger partial charge is 0.382 e. The molecule has 0 aromatic carbocycles. The van der Waals surface area contributed by atoms with Crippen molar-refractivity contribution in [1.29, 1.82) is 0 Å². The van der Waals surface area contributed by atoms with Gasteiger partial charge in [-0.1, -0.05) is 0 Å². The lowest BCUT2D eigenvalue weighted by Crippen LogP contribution is -2.44. The zero-order chi connectivity index (χ0) is 12.4. The topological polar surface area (TPSA) is 50.3 Å². The summed E-state index contributed by atoms with van der Waals surface area (Å²) in [6.07, 6.45) is 0.